The first-order valence-corrected chi connectivity index (χ1v) is 1.19. The largest absolute Gasteiger partial charge is 0.480 e. The minimum absolute atomic E-state index is 0. The summed E-state index contributed by atoms with van der Waals surface area (Å²) in [4.78, 5) is 9.24. The van der Waals surface area contributed by atoms with Crippen LogP contribution in [0.15, 0.2) is 0 Å². The van der Waals surface area contributed by atoms with E-state index in [0.717, 1.165) is 0 Å². The zero-order valence-electron chi connectivity index (χ0n) is 4.55. The normalized spacial score (nSPS) is 3.70. The van der Waals surface area contributed by atoms with Crippen LogP contribution in [0.4, 0.5) is 0 Å². The van der Waals surface area contributed by atoms with Gasteiger partial charge in [-0.05, 0) is 0 Å². The van der Waals surface area contributed by atoms with Crippen LogP contribution in [0.1, 0.15) is 0 Å². The van der Waals surface area contributed by atoms with Crippen molar-refractivity contribution in [1.29, 1.82) is 0 Å². The summed E-state index contributed by atoms with van der Waals surface area (Å²) < 4.78 is 0. The molecule has 0 aromatic carbocycles. The number of halogens is 1. The molecule has 0 aliphatic rings. The monoisotopic (exact) mass is 267 g/mol. The molecule has 0 saturated heterocycles. The van der Waals surface area contributed by atoms with Crippen molar-refractivity contribution in [3.8, 4) is 0 Å². The second-order valence-electron chi connectivity index (χ2n) is 0.598. The van der Waals surface area contributed by atoms with Crippen molar-refractivity contribution >= 4 is 35.7 Å². The van der Waals surface area contributed by atoms with Crippen LogP contribution in [0, 0.1) is 0 Å². The van der Waals surface area contributed by atoms with Gasteiger partial charge in [0.05, 0.1) is 6.54 Å². The molecule has 0 saturated carbocycles. The molecule has 7 N–H and O–H groups in total. The van der Waals surface area contributed by atoms with Crippen LogP contribution in [0.3, 0.4) is 0 Å². The molecule has 0 atom stereocenters. The molecule has 0 aliphatic carbocycles. The number of aliphatic carboxylic acids is 1. The van der Waals surface area contributed by atoms with Crippen molar-refractivity contribution in [3.05, 3.63) is 0 Å². The third-order valence-electron chi connectivity index (χ3n) is 0.175. The van der Waals surface area contributed by atoms with Crippen molar-refractivity contribution < 1.29 is 47.1 Å². The van der Waals surface area contributed by atoms with E-state index in [1.807, 2.05) is 0 Å². The van der Waals surface area contributed by atoms with E-state index >= 15 is 0 Å². The van der Waals surface area contributed by atoms with Crippen molar-refractivity contribution in [2.45, 2.75) is 0 Å². The third kappa shape index (κ3) is 62.9. The number of carboxylic acids is 1. The molecular formula is C2H13AlClNO4Zr. The maximum atomic E-state index is 9.24. The zero-order chi connectivity index (χ0) is 4.28. The van der Waals surface area contributed by atoms with Gasteiger partial charge < -0.3 is 21.8 Å². The molecule has 0 heterocycles. The van der Waals surface area contributed by atoms with E-state index in [2.05, 4.69) is 5.73 Å². The Hall–Kier alpha value is 1.06. The summed E-state index contributed by atoms with van der Waals surface area (Å²) in [6.45, 7) is -0.278. The molecule has 0 fully saturated rings. The average molecular weight is 269 g/mol. The summed E-state index contributed by atoms with van der Waals surface area (Å²) >= 11 is 0. The van der Waals surface area contributed by atoms with E-state index < -0.39 is 5.97 Å². The second kappa shape index (κ2) is 32.3. The first kappa shape index (κ1) is 43.7. The van der Waals surface area contributed by atoms with Crippen LogP contribution in [0.5, 0.6) is 0 Å². The van der Waals surface area contributed by atoms with Gasteiger partial charge in [0, 0.05) is 26.2 Å². The standard InChI is InChI=1S/C2H5NO2.Al.ClH.2H2O.Zr.3H/c3-1-2(4)5;;;;;;;;/h1,3H2,(H,4,5);;1H;2*1H2;;;;. The average Bonchev–Trinajstić information content (AvgIpc) is 1.38. The maximum absolute atomic E-state index is 9.24. The van der Waals surface area contributed by atoms with Crippen molar-refractivity contribution in [2.75, 3.05) is 6.54 Å². The van der Waals surface area contributed by atoms with Gasteiger partial charge in [-0.1, -0.05) is 0 Å². The number of carboxylic acid groups (broad SMARTS) is 1. The molecule has 0 spiro atoms. The van der Waals surface area contributed by atoms with E-state index in [9.17, 15) is 4.79 Å². The summed E-state index contributed by atoms with van der Waals surface area (Å²) in [5.74, 6) is -0.968. The smallest absolute Gasteiger partial charge is 0.317 e. The molecule has 0 radical (unpaired) electrons. The Kier molecular flexibility index (Phi) is 141. The number of hydrogen-bond acceptors (Lipinski definition) is 2. The quantitative estimate of drug-likeness (QED) is 0.482. The summed E-state index contributed by atoms with van der Waals surface area (Å²) in [6.07, 6.45) is 0. The Labute approximate surface area is 94.6 Å². The van der Waals surface area contributed by atoms with E-state index in [1.54, 1.807) is 0 Å². The molecule has 0 aliphatic heterocycles. The molecule has 10 heavy (non-hydrogen) atoms. The number of rotatable bonds is 1. The predicted octanol–water partition coefficient (Wildman–Crippen LogP) is -3.38. The summed E-state index contributed by atoms with van der Waals surface area (Å²) in [6, 6.07) is 0. The number of carbonyl (C=O) groups is 1. The Morgan fingerprint density at radius 1 is 1.40 bits per heavy atom. The van der Waals surface area contributed by atoms with Gasteiger partial charge in [-0.25, -0.2) is 0 Å². The minimum atomic E-state index is -0.968. The van der Waals surface area contributed by atoms with Gasteiger partial charge in [-0.2, -0.15) is 0 Å². The molecule has 0 unspecified atom stereocenters. The van der Waals surface area contributed by atoms with Crippen LogP contribution in [-0.2, 0) is 31.0 Å². The zero-order valence-corrected chi connectivity index (χ0v) is 7.82. The van der Waals surface area contributed by atoms with Gasteiger partial charge in [0.25, 0.3) is 0 Å². The van der Waals surface area contributed by atoms with E-state index in [4.69, 9.17) is 5.11 Å². The van der Waals surface area contributed by atoms with Crippen molar-refractivity contribution in [3.63, 3.8) is 0 Å². The van der Waals surface area contributed by atoms with Crippen LogP contribution in [-0.4, -0.2) is 45.9 Å². The van der Waals surface area contributed by atoms with Crippen LogP contribution in [0.2, 0.25) is 0 Å². The van der Waals surface area contributed by atoms with Gasteiger partial charge in [0.2, 0.25) is 0 Å². The Morgan fingerprint density at radius 3 is 1.50 bits per heavy atom. The van der Waals surface area contributed by atoms with E-state index in [-0.39, 0.29) is 73.5 Å². The molecule has 64 valence electrons. The molecule has 0 aromatic heterocycles. The van der Waals surface area contributed by atoms with E-state index in [0.29, 0.717) is 0 Å². The van der Waals surface area contributed by atoms with Crippen molar-refractivity contribution in [2.24, 2.45) is 5.73 Å². The Morgan fingerprint density at radius 2 is 1.50 bits per heavy atom. The number of nitrogens with two attached hydrogens (primary N) is 1. The third-order valence-corrected chi connectivity index (χ3v) is 0.175. The van der Waals surface area contributed by atoms with Gasteiger partial charge in [0.15, 0.2) is 17.4 Å². The molecule has 5 nitrogen and oxygen atoms in total. The van der Waals surface area contributed by atoms with Crippen LogP contribution >= 0.6 is 12.4 Å². The molecule has 0 aromatic rings. The Balaban J connectivity index is -0.00000000800. The number of hydrogen-bond donors (Lipinski definition) is 2. The molecule has 8 heteroatoms. The minimum Gasteiger partial charge on any atom is -0.480 e. The fourth-order valence-electron chi connectivity index (χ4n) is 0. The molecule has 0 rings (SSSR count). The summed E-state index contributed by atoms with van der Waals surface area (Å²) in [5.41, 5.74) is 4.57. The van der Waals surface area contributed by atoms with Crippen molar-refractivity contribution in [1.82, 2.24) is 0 Å². The predicted molar refractivity (Wildman–Crippen MR) is 41.1 cm³/mol. The molecule has 0 bridgehead atoms. The fourth-order valence-corrected chi connectivity index (χ4v) is 0. The first-order chi connectivity index (χ1) is 2.27. The second-order valence-corrected chi connectivity index (χ2v) is 0.598. The van der Waals surface area contributed by atoms with Gasteiger partial charge >= 0.3 is 5.97 Å². The summed E-state index contributed by atoms with van der Waals surface area (Å²) in [5, 5.41) is 7.60. The van der Waals surface area contributed by atoms with Gasteiger partial charge in [-0.15, -0.1) is 12.4 Å². The first-order valence-electron chi connectivity index (χ1n) is 1.19. The van der Waals surface area contributed by atoms with Crippen LogP contribution < -0.4 is 5.73 Å². The Bertz CT molecular complexity index is 58.5. The van der Waals surface area contributed by atoms with E-state index in [1.165, 1.54) is 0 Å². The SMILES string of the molecule is Cl.NCC(=O)O.O.O.[AlH3].[Zr]. The molecule has 0 amide bonds. The maximum Gasteiger partial charge on any atom is 0.317 e. The summed E-state index contributed by atoms with van der Waals surface area (Å²) in [7, 11) is 0. The van der Waals surface area contributed by atoms with Crippen LogP contribution in [0.25, 0.3) is 0 Å². The van der Waals surface area contributed by atoms with Gasteiger partial charge in [-0.3, -0.25) is 4.79 Å². The topological polar surface area (TPSA) is 126 Å². The fraction of sp³-hybridized carbons (Fsp3) is 0.500. The van der Waals surface area contributed by atoms with Gasteiger partial charge in [0.1, 0.15) is 0 Å². The molecular weight excluding hydrogens is 256 g/mol.